The van der Waals surface area contributed by atoms with Crippen molar-refractivity contribution in [3.05, 3.63) is 71.3 Å². The molecule has 1 fully saturated rings. The molecular formula is C21H25NO2S2. The minimum Gasteiger partial charge on any atom is -0.383 e. The monoisotopic (exact) mass is 387 g/mol. The Balaban J connectivity index is 1.70. The molecule has 1 saturated heterocycles. The summed E-state index contributed by atoms with van der Waals surface area (Å²) in [6, 6.07) is 18.3. The van der Waals surface area contributed by atoms with Crippen LogP contribution in [0, 0.1) is 0 Å². The molecule has 3 rings (SSSR count). The zero-order valence-electron chi connectivity index (χ0n) is 15.1. The molecule has 1 aliphatic heterocycles. The van der Waals surface area contributed by atoms with Gasteiger partial charge in [0.25, 0.3) is 5.91 Å². The van der Waals surface area contributed by atoms with Gasteiger partial charge in [0.05, 0.1) is 11.2 Å². The topological polar surface area (TPSA) is 29.5 Å². The third-order valence-electron chi connectivity index (χ3n) is 4.33. The lowest BCUT2D eigenvalue weighted by Crippen LogP contribution is -2.33. The zero-order valence-corrected chi connectivity index (χ0v) is 16.7. The number of hydrogen-bond donors (Lipinski definition) is 0. The van der Waals surface area contributed by atoms with Gasteiger partial charge in [0.2, 0.25) is 0 Å². The Morgan fingerprint density at radius 2 is 1.77 bits per heavy atom. The van der Waals surface area contributed by atoms with Crippen LogP contribution in [0.4, 0.5) is 0 Å². The highest BCUT2D eigenvalue weighted by Gasteiger charge is 2.19. The van der Waals surface area contributed by atoms with E-state index in [-0.39, 0.29) is 5.91 Å². The van der Waals surface area contributed by atoms with Crippen molar-refractivity contribution in [2.24, 2.45) is 0 Å². The van der Waals surface area contributed by atoms with Gasteiger partial charge in [-0.1, -0.05) is 42.5 Å². The zero-order chi connectivity index (χ0) is 18.2. The van der Waals surface area contributed by atoms with Crippen LogP contribution in [-0.4, -0.2) is 42.6 Å². The van der Waals surface area contributed by atoms with Gasteiger partial charge in [0, 0.05) is 25.8 Å². The standard InChI is InChI=1S/C21H25NO2S2/c1-24-13-12-22(16-17-6-3-2-4-7-17)20(23)18-8-10-19(11-9-18)21-25-14-5-15-26-21/h2-4,6-11,21H,5,12-16H2,1H3. The number of methoxy groups -OCH3 is 1. The van der Waals surface area contributed by atoms with Crippen molar-refractivity contribution in [2.75, 3.05) is 31.8 Å². The van der Waals surface area contributed by atoms with E-state index in [2.05, 4.69) is 12.1 Å². The summed E-state index contributed by atoms with van der Waals surface area (Å²) in [7, 11) is 1.67. The van der Waals surface area contributed by atoms with E-state index in [1.54, 1.807) is 7.11 Å². The second-order valence-corrected chi connectivity index (χ2v) is 8.98. The molecule has 0 bridgehead atoms. The van der Waals surface area contributed by atoms with Crippen LogP contribution in [0.15, 0.2) is 54.6 Å². The number of benzene rings is 2. The SMILES string of the molecule is COCCN(Cc1ccccc1)C(=O)c1ccc(C2SCCCS2)cc1. The number of ether oxygens (including phenoxy) is 1. The van der Waals surface area contributed by atoms with Crippen molar-refractivity contribution in [2.45, 2.75) is 17.5 Å². The average Bonchev–Trinajstić information content (AvgIpc) is 2.72. The van der Waals surface area contributed by atoms with E-state index >= 15 is 0 Å². The second kappa shape index (κ2) is 10.0. The molecule has 5 heteroatoms. The number of rotatable bonds is 7. The molecule has 1 aliphatic rings. The van der Waals surface area contributed by atoms with Gasteiger partial charge in [0.15, 0.2) is 0 Å². The van der Waals surface area contributed by atoms with Crippen LogP contribution in [0.3, 0.4) is 0 Å². The Hall–Kier alpha value is -1.43. The Morgan fingerprint density at radius 3 is 2.42 bits per heavy atom. The molecule has 0 aliphatic carbocycles. The van der Waals surface area contributed by atoms with Crippen LogP contribution in [-0.2, 0) is 11.3 Å². The van der Waals surface area contributed by atoms with Gasteiger partial charge in [-0.3, -0.25) is 4.79 Å². The molecule has 0 unspecified atom stereocenters. The number of nitrogens with zero attached hydrogens (tertiary/aromatic N) is 1. The van der Waals surface area contributed by atoms with Gasteiger partial charge in [-0.2, -0.15) is 0 Å². The van der Waals surface area contributed by atoms with Crippen LogP contribution < -0.4 is 0 Å². The van der Waals surface area contributed by atoms with Gasteiger partial charge in [0.1, 0.15) is 0 Å². The van der Waals surface area contributed by atoms with Crippen molar-refractivity contribution in [1.29, 1.82) is 0 Å². The molecule has 0 radical (unpaired) electrons. The summed E-state index contributed by atoms with van der Waals surface area (Å²) in [4.78, 5) is 14.9. The molecule has 0 N–H and O–H groups in total. The molecule has 3 nitrogen and oxygen atoms in total. The number of amides is 1. The minimum absolute atomic E-state index is 0.0569. The predicted molar refractivity (Wildman–Crippen MR) is 112 cm³/mol. The largest absolute Gasteiger partial charge is 0.383 e. The molecule has 1 heterocycles. The Bertz CT molecular complexity index is 685. The Kier molecular flexibility index (Phi) is 7.47. The van der Waals surface area contributed by atoms with Gasteiger partial charge in [-0.15, -0.1) is 23.5 Å². The normalized spacial score (nSPS) is 15.0. The third kappa shape index (κ3) is 5.29. The Morgan fingerprint density at radius 1 is 1.08 bits per heavy atom. The van der Waals surface area contributed by atoms with Crippen LogP contribution in [0.5, 0.6) is 0 Å². The maximum Gasteiger partial charge on any atom is 0.254 e. The fourth-order valence-corrected chi connectivity index (χ4v) is 5.80. The van der Waals surface area contributed by atoms with Crippen molar-refractivity contribution < 1.29 is 9.53 Å². The van der Waals surface area contributed by atoms with E-state index in [1.165, 1.54) is 23.5 Å². The molecule has 138 valence electrons. The summed E-state index contributed by atoms with van der Waals surface area (Å²) < 4.78 is 5.70. The molecule has 2 aromatic rings. The number of hydrogen-bond acceptors (Lipinski definition) is 4. The van der Waals surface area contributed by atoms with Gasteiger partial charge < -0.3 is 9.64 Å². The van der Waals surface area contributed by atoms with E-state index in [1.807, 2.05) is 70.9 Å². The van der Waals surface area contributed by atoms with Crippen molar-refractivity contribution in [3.8, 4) is 0 Å². The van der Waals surface area contributed by atoms with Crippen LogP contribution in [0.2, 0.25) is 0 Å². The highest BCUT2D eigenvalue weighted by Crippen LogP contribution is 2.43. The van der Waals surface area contributed by atoms with E-state index in [0.29, 0.717) is 24.3 Å². The Labute approximate surface area is 164 Å². The summed E-state index contributed by atoms with van der Waals surface area (Å²) >= 11 is 4.00. The number of carbonyl (C=O) groups is 1. The van der Waals surface area contributed by atoms with Crippen LogP contribution in [0.25, 0.3) is 0 Å². The predicted octanol–water partition coefficient (Wildman–Crippen LogP) is 4.84. The van der Waals surface area contributed by atoms with Crippen molar-refractivity contribution >= 4 is 29.4 Å². The van der Waals surface area contributed by atoms with Crippen LogP contribution in [0.1, 0.15) is 32.5 Å². The fraction of sp³-hybridized carbons (Fsp3) is 0.381. The molecule has 0 aromatic heterocycles. The summed E-state index contributed by atoms with van der Waals surface area (Å²) in [6.45, 7) is 1.71. The lowest BCUT2D eigenvalue weighted by Gasteiger charge is -2.24. The number of carbonyl (C=O) groups excluding carboxylic acids is 1. The molecular weight excluding hydrogens is 362 g/mol. The summed E-state index contributed by atoms with van der Waals surface area (Å²) in [5.74, 6) is 2.50. The van der Waals surface area contributed by atoms with Gasteiger partial charge >= 0.3 is 0 Å². The molecule has 26 heavy (non-hydrogen) atoms. The third-order valence-corrected chi connectivity index (χ3v) is 7.34. The first-order valence-corrected chi connectivity index (χ1v) is 11.0. The smallest absolute Gasteiger partial charge is 0.254 e. The lowest BCUT2D eigenvalue weighted by molar-refractivity contribution is 0.0680. The number of thioether (sulfide) groups is 2. The second-order valence-electron chi connectivity index (χ2n) is 6.25. The molecule has 0 atom stereocenters. The van der Waals surface area contributed by atoms with E-state index in [4.69, 9.17) is 4.74 Å². The highest BCUT2D eigenvalue weighted by atomic mass is 32.2. The first kappa shape index (κ1) is 19.3. The highest BCUT2D eigenvalue weighted by molar-refractivity contribution is 8.16. The van der Waals surface area contributed by atoms with Crippen LogP contribution >= 0.6 is 23.5 Å². The average molecular weight is 388 g/mol. The van der Waals surface area contributed by atoms with Gasteiger partial charge in [-0.05, 0) is 41.2 Å². The molecule has 2 aromatic carbocycles. The summed E-state index contributed by atoms with van der Waals surface area (Å²) in [6.07, 6.45) is 1.29. The summed E-state index contributed by atoms with van der Waals surface area (Å²) in [5.41, 5.74) is 3.18. The first-order valence-electron chi connectivity index (χ1n) is 8.93. The molecule has 1 amide bonds. The van der Waals surface area contributed by atoms with E-state index in [9.17, 15) is 4.79 Å². The first-order chi connectivity index (χ1) is 12.8. The van der Waals surface area contributed by atoms with Crippen molar-refractivity contribution in [1.82, 2.24) is 4.90 Å². The van der Waals surface area contributed by atoms with E-state index in [0.717, 1.165) is 11.1 Å². The summed E-state index contributed by atoms with van der Waals surface area (Å²) in [5, 5.41) is 0. The maximum atomic E-state index is 13.0. The molecule has 0 saturated carbocycles. The van der Waals surface area contributed by atoms with Crippen molar-refractivity contribution in [3.63, 3.8) is 0 Å². The fourth-order valence-electron chi connectivity index (χ4n) is 2.90. The van der Waals surface area contributed by atoms with Gasteiger partial charge in [-0.25, -0.2) is 0 Å². The lowest BCUT2D eigenvalue weighted by atomic mass is 10.1. The van der Waals surface area contributed by atoms with E-state index < -0.39 is 0 Å². The molecule has 0 spiro atoms. The quantitative estimate of drug-likeness (QED) is 0.680. The minimum atomic E-state index is 0.0569. The maximum absolute atomic E-state index is 13.0.